The van der Waals surface area contributed by atoms with E-state index in [2.05, 4.69) is 5.32 Å². The molecule has 2 atom stereocenters. The van der Waals surface area contributed by atoms with Crippen LogP contribution in [0.5, 0.6) is 0 Å². The summed E-state index contributed by atoms with van der Waals surface area (Å²) in [7, 11) is 0. The second-order valence-electron chi connectivity index (χ2n) is 4.27. The number of hydrogen-bond acceptors (Lipinski definition) is 2. The van der Waals surface area contributed by atoms with Gasteiger partial charge in [-0.2, -0.15) is 0 Å². The van der Waals surface area contributed by atoms with Gasteiger partial charge in [0.2, 0.25) is 5.91 Å². The average Bonchev–Trinajstić information content (AvgIpc) is 2.27. The van der Waals surface area contributed by atoms with Crippen molar-refractivity contribution in [2.24, 2.45) is 11.7 Å². The molecule has 0 spiro atoms. The lowest BCUT2D eigenvalue weighted by atomic mass is 9.99. The van der Waals surface area contributed by atoms with E-state index in [0.29, 0.717) is 0 Å². The quantitative estimate of drug-likeness (QED) is 0.818. The van der Waals surface area contributed by atoms with Gasteiger partial charge in [0.1, 0.15) is 0 Å². The van der Waals surface area contributed by atoms with Crippen molar-refractivity contribution < 1.29 is 4.79 Å². The van der Waals surface area contributed by atoms with Gasteiger partial charge in [0.05, 0.1) is 6.04 Å². The second kappa shape index (κ2) is 5.66. The molecule has 0 saturated carbocycles. The van der Waals surface area contributed by atoms with Crippen LogP contribution >= 0.6 is 0 Å². The van der Waals surface area contributed by atoms with Gasteiger partial charge in [-0.1, -0.05) is 32.4 Å². The highest BCUT2D eigenvalue weighted by atomic mass is 16.2. The summed E-state index contributed by atoms with van der Waals surface area (Å²) in [4.78, 5) is 11.8. The zero-order valence-corrected chi connectivity index (χ0v) is 10.2. The van der Waals surface area contributed by atoms with Gasteiger partial charge in [0.25, 0.3) is 0 Å². The molecule has 3 nitrogen and oxygen atoms in total. The Morgan fingerprint density at radius 2 is 2.19 bits per heavy atom. The highest BCUT2D eigenvalue weighted by Gasteiger charge is 2.19. The van der Waals surface area contributed by atoms with E-state index in [9.17, 15) is 4.79 Å². The molecule has 0 saturated heterocycles. The molecule has 0 aliphatic rings. The molecule has 0 aromatic heterocycles. The number of hydrogen-bond donors (Lipinski definition) is 2. The molecule has 0 bridgehead atoms. The lowest BCUT2D eigenvalue weighted by Crippen LogP contribution is -2.40. The minimum atomic E-state index is -0.439. The first-order valence-corrected chi connectivity index (χ1v) is 5.67. The number of anilines is 1. The third-order valence-electron chi connectivity index (χ3n) is 2.85. The van der Waals surface area contributed by atoms with Gasteiger partial charge in [-0.05, 0) is 30.5 Å². The van der Waals surface area contributed by atoms with Crippen LogP contribution < -0.4 is 11.1 Å². The molecule has 0 heterocycles. The van der Waals surface area contributed by atoms with E-state index in [4.69, 9.17) is 5.73 Å². The minimum Gasteiger partial charge on any atom is -0.325 e. The van der Waals surface area contributed by atoms with Crippen molar-refractivity contribution in [3.63, 3.8) is 0 Å². The standard InChI is InChI=1S/C13H20N2O/c1-4-10(3)12(14)13(16)15-11-7-5-6-9(2)8-11/h5-8,10,12H,4,14H2,1-3H3,(H,15,16)/t10-,12-/m0/s1. The van der Waals surface area contributed by atoms with Crippen molar-refractivity contribution in [2.75, 3.05) is 5.32 Å². The SMILES string of the molecule is CC[C@H](C)[C@H](N)C(=O)Nc1cccc(C)c1. The van der Waals surface area contributed by atoms with E-state index in [1.54, 1.807) is 0 Å². The highest BCUT2D eigenvalue weighted by Crippen LogP contribution is 2.12. The molecule has 1 aromatic rings. The normalized spacial score (nSPS) is 14.2. The van der Waals surface area contributed by atoms with Gasteiger partial charge in [0, 0.05) is 5.69 Å². The molecular formula is C13H20N2O. The lowest BCUT2D eigenvalue weighted by molar-refractivity contribution is -0.118. The number of nitrogens with two attached hydrogens (primary N) is 1. The predicted octanol–water partition coefficient (Wildman–Crippen LogP) is 2.31. The molecule has 16 heavy (non-hydrogen) atoms. The van der Waals surface area contributed by atoms with Crippen molar-refractivity contribution in [3.05, 3.63) is 29.8 Å². The summed E-state index contributed by atoms with van der Waals surface area (Å²) in [6, 6.07) is 7.27. The number of carbonyl (C=O) groups is 1. The van der Waals surface area contributed by atoms with Crippen LogP contribution in [0, 0.1) is 12.8 Å². The molecule has 1 aromatic carbocycles. The summed E-state index contributed by atoms with van der Waals surface area (Å²) in [5, 5.41) is 2.83. The van der Waals surface area contributed by atoms with E-state index in [0.717, 1.165) is 17.7 Å². The van der Waals surface area contributed by atoms with Crippen LogP contribution in [0.3, 0.4) is 0 Å². The molecule has 1 rings (SSSR count). The molecule has 0 aliphatic heterocycles. The first-order chi connectivity index (χ1) is 7.54. The fourth-order valence-electron chi connectivity index (χ4n) is 1.46. The van der Waals surface area contributed by atoms with E-state index < -0.39 is 6.04 Å². The van der Waals surface area contributed by atoms with Crippen LogP contribution in [-0.2, 0) is 4.79 Å². The van der Waals surface area contributed by atoms with Gasteiger partial charge in [-0.15, -0.1) is 0 Å². The van der Waals surface area contributed by atoms with Crippen LogP contribution in [0.1, 0.15) is 25.8 Å². The first kappa shape index (κ1) is 12.7. The smallest absolute Gasteiger partial charge is 0.241 e. The van der Waals surface area contributed by atoms with Crippen molar-refractivity contribution in [2.45, 2.75) is 33.2 Å². The summed E-state index contributed by atoms with van der Waals surface area (Å²) in [6.07, 6.45) is 0.905. The Morgan fingerprint density at radius 1 is 1.50 bits per heavy atom. The van der Waals surface area contributed by atoms with Crippen LogP contribution in [0.2, 0.25) is 0 Å². The molecule has 0 radical (unpaired) electrons. The zero-order chi connectivity index (χ0) is 12.1. The summed E-state index contributed by atoms with van der Waals surface area (Å²) >= 11 is 0. The molecule has 0 fully saturated rings. The average molecular weight is 220 g/mol. The molecule has 3 N–H and O–H groups in total. The fraction of sp³-hybridized carbons (Fsp3) is 0.462. The summed E-state index contributed by atoms with van der Waals surface area (Å²) in [6.45, 7) is 6.01. The van der Waals surface area contributed by atoms with Crippen molar-refractivity contribution in [3.8, 4) is 0 Å². The summed E-state index contributed by atoms with van der Waals surface area (Å²) in [5.41, 5.74) is 7.77. The molecule has 1 amide bonds. The molecule has 88 valence electrons. The van der Waals surface area contributed by atoms with Gasteiger partial charge in [0.15, 0.2) is 0 Å². The monoisotopic (exact) mass is 220 g/mol. The van der Waals surface area contributed by atoms with Crippen molar-refractivity contribution in [1.82, 2.24) is 0 Å². The van der Waals surface area contributed by atoms with E-state index >= 15 is 0 Å². The number of carbonyl (C=O) groups excluding carboxylic acids is 1. The number of benzene rings is 1. The maximum Gasteiger partial charge on any atom is 0.241 e. The Labute approximate surface area is 97.0 Å². The number of amides is 1. The van der Waals surface area contributed by atoms with E-state index in [1.807, 2.05) is 45.0 Å². The Kier molecular flexibility index (Phi) is 4.50. The van der Waals surface area contributed by atoms with Gasteiger partial charge in [-0.3, -0.25) is 4.79 Å². The highest BCUT2D eigenvalue weighted by molar-refractivity contribution is 5.94. The largest absolute Gasteiger partial charge is 0.325 e. The summed E-state index contributed by atoms with van der Waals surface area (Å²) in [5.74, 6) is 0.0877. The maximum atomic E-state index is 11.8. The van der Waals surface area contributed by atoms with Crippen LogP contribution in [-0.4, -0.2) is 11.9 Å². The van der Waals surface area contributed by atoms with E-state index in [-0.39, 0.29) is 11.8 Å². The number of aryl methyl sites for hydroxylation is 1. The molecule has 3 heteroatoms. The molecular weight excluding hydrogens is 200 g/mol. The van der Waals surface area contributed by atoms with Crippen molar-refractivity contribution >= 4 is 11.6 Å². The van der Waals surface area contributed by atoms with E-state index in [1.165, 1.54) is 0 Å². The Hall–Kier alpha value is -1.35. The Bertz CT molecular complexity index is 363. The zero-order valence-electron chi connectivity index (χ0n) is 10.2. The lowest BCUT2D eigenvalue weighted by Gasteiger charge is -2.17. The Morgan fingerprint density at radius 3 is 2.75 bits per heavy atom. The third-order valence-corrected chi connectivity index (χ3v) is 2.85. The number of nitrogens with one attached hydrogen (secondary N) is 1. The fourth-order valence-corrected chi connectivity index (χ4v) is 1.46. The third kappa shape index (κ3) is 3.35. The van der Waals surface area contributed by atoms with Gasteiger partial charge >= 0.3 is 0 Å². The Balaban J connectivity index is 2.64. The predicted molar refractivity (Wildman–Crippen MR) is 67.2 cm³/mol. The minimum absolute atomic E-state index is 0.111. The molecule has 0 unspecified atom stereocenters. The molecule has 0 aliphatic carbocycles. The maximum absolute atomic E-state index is 11.8. The van der Waals surface area contributed by atoms with Gasteiger partial charge < -0.3 is 11.1 Å². The second-order valence-corrected chi connectivity index (χ2v) is 4.27. The number of rotatable bonds is 4. The van der Waals surface area contributed by atoms with Crippen LogP contribution in [0.25, 0.3) is 0 Å². The van der Waals surface area contributed by atoms with Crippen molar-refractivity contribution in [1.29, 1.82) is 0 Å². The van der Waals surface area contributed by atoms with Crippen LogP contribution in [0.4, 0.5) is 5.69 Å². The topological polar surface area (TPSA) is 55.1 Å². The van der Waals surface area contributed by atoms with Crippen LogP contribution in [0.15, 0.2) is 24.3 Å². The van der Waals surface area contributed by atoms with Gasteiger partial charge in [-0.25, -0.2) is 0 Å². The first-order valence-electron chi connectivity index (χ1n) is 5.67. The summed E-state index contributed by atoms with van der Waals surface area (Å²) < 4.78 is 0.